The Kier molecular flexibility index (Phi) is 4.75. The van der Waals surface area contributed by atoms with Gasteiger partial charge in [-0.15, -0.1) is 0 Å². The highest BCUT2D eigenvalue weighted by molar-refractivity contribution is 5.47. The van der Waals surface area contributed by atoms with Gasteiger partial charge in [-0.1, -0.05) is 0 Å². The van der Waals surface area contributed by atoms with Crippen LogP contribution in [0.2, 0.25) is 0 Å². The van der Waals surface area contributed by atoms with E-state index >= 15 is 0 Å². The zero-order valence-corrected chi connectivity index (χ0v) is 13.3. The summed E-state index contributed by atoms with van der Waals surface area (Å²) in [5.74, 6) is 1.72. The Morgan fingerprint density at radius 2 is 2.36 bits per heavy atom. The fraction of sp³-hybridized carbons (Fsp3) is 0.733. The van der Waals surface area contributed by atoms with Gasteiger partial charge in [0.25, 0.3) is 0 Å². The maximum atomic E-state index is 6.27. The van der Waals surface area contributed by atoms with E-state index in [1.165, 1.54) is 0 Å². The molecule has 22 heavy (non-hydrogen) atoms. The van der Waals surface area contributed by atoms with Gasteiger partial charge in [0.15, 0.2) is 0 Å². The number of hydrogen-bond acceptors (Lipinski definition) is 7. The molecule has 2 N–H and O–H groups in total. The second-order valence-corrected chi connectivity index (χ2v) is 6.23. The summed E-state index contributed by atoms with van der Waals surface area (Å²) in [6, 6.07) is 1.95. The average molecular weight is 307 g/mol. The first-order valence-corrected chi connectivity index (χ1v) is 7.86. The molecule has 122 valence electrons. The third kappa shape index (κ3) is 3.66. The lowest BCUT2D eigenvalue weighted by Crippen LogP contribution is -2.43. The molecule has 7 heteroatoms. The van der Waals surface area contributed by atoms with Crippen LogP contribution in [0.25, 0.3) is 0 Å². The van der Waals surface area contributed by atoms with Gasteiger partial charge in [0.1, 0.15) is 23.6 Å². The molecule has 1 spiro atoms. The van der Waals surface area contributed by atoms with Crippen molar-refractivity contribution in [3.8, 4) is 0 Å². The Balaban J connectivity index is 1.53. The number of rotatable bonds is 4. The number of aromatic nitrogens is 2. The van der Waals surface area contributed by atoms with Crippen molar-refractivity contribution in [1.82, 2.24) is 15.3 Å². The van der Waals surface area contributed by atoms with E-state index in [1.54, 1.807) is 6.33 Å². The first-order chi connectivity index (χ1) is 10.7. The molecule has 0 aliphatic carbocycles. The van der Waals surface area contributed by atoms with Crippen molar-refractivity contribution in [3.05, 3.63) is 12.4 Å². The van der Waals surface area contributed by atoms with Crippen molar-refractivity contribution in [2.24, 2.45) is 0 Å². The lowest BCUT2D eigenvalue weighted by Gasteiger charge is -2.27. The van der Waals surface area contributed by atoms with Crippen LogP contribution in [0.4, 0.5) is 11.6 Å². The molecule has 2 atom stereocenters. The van der Waals surface area contributed by atoms with Crippen LogP contribution in [0.1, 0.15) is 12.8 Å². The Hall–Kier alpha value is -1.44. The van der Waals surface area contributed by atoms with Gasteiger partial charge in [0.05, 0.1) is 19.3 Å². The Bertz CT molecular complexity index is 489. The van der Waals surface area contributed by atoms with Crippen LogP contribution >= 0.6 is 0 Å². The van der Waals surface area contributed by atoms with Crippen molar-refractivity contribution in [2.75, 3.05) is 57.2 Å². The van der Waals surface area contributed by atoms with Crippen LogP contribution in [-0.4, -0.2) is 68.6 Å². The molecule has 0 saturated carbocycles. The first-order valence-electron chi connectivity index (χ1n) is 7.86. The van der Waals surface area contributed by atoms with Gasteiger partial charge in [-0.3, -0.25) is 0 Å². The van der Waals surface area contributed by atoms with Crippen molar-refractivity contribution in [2.45, 2.75) is 24.5 Å². The van der Waals surface area contributed by atoms with Gasteiger partial charge in [-0.05, 0) is 12.8 Å². The van der Waals surface area contributed by atoms with Crippen molar-refractivity contribution in [3.63, 3.8) is 0 Å². The minimum Gasteiger partial charge on any atom is -0.377 e. The molecule has 0 bridgehead atoms. The van der Waals surface area contributed by atoms with Crippen LogP contribution < -0.4 is 15.5 Å². The Morgan fingerprint density at radius 3 is 3.23 bits per heavy atom. The summed E-state index contributed by atoms with van der Waals surface area (Å²) in [5, 5.41) is 6.75. The highest BCUT2D eigenvalue weighted by atomic mass is 16.6. The maximum Gasteiger partial charge on any atom is 0.133 e. The molecule has 7 nitrogen and oxygen atoms in total. The SMILES string of the molecule is CN(C)c1cc(NC[C@H]2CC[C@]3(CNCCOC3)O2)ncn1. The third-order valence-electron chi connectivity index (χ3n) is 4.20. The molecule has 2 aliphatic heterocycles. The van der Waals surface area contributed by atoms with E-state index in [4.69, 9.17) is 9.47 Å². The summed E-state index contributed by atoms with van der Waals surface area (Å²) >= 11 is 0. The average Bonchev–Trinajstić information content (AvgIpc) is 2.77. The molecular formula is C15H25N5O2. The minimum absolute atomic E-state index is 0.149. The monoisotopic (exact) mass is 307 g/mol. The fourth-order valence-electron chi connectivity index (χ4n) is 2.95. The van der Waals surface area contributed by atoms with Crippen LogP contribution in [0.3, 0.4) is 0 Å². The summed E-state index contributed by atoms with van der Waals surface area (Å²) < 4.78 is 11.9. The summed E-state index contributed by atoms with van der Waals surface area (Å²) in [6.07, 6.45) is 3.86. The smallest absolute Gasteiger partial charge is 0.133 e. The zero-order valence-electron chi connectivity index (χ0n) is 13.3. The topological polar surface area (TPSA) is 71.5 Å². The summed E-state index contributed by atoms with van der Waals surface area (Å²) in [7, 11) is 3.93. The number of nitrogens with one attached hydrogen (secondary N) is 2. The van der Waals surface area contributed by atoms with E-state index in [0.29, 0.717) is 6.61 Å². The van der Waals surface area contributed by atoms with E-state index in [-0.39, 0.29) is 11.7 Å². The molecule has 0 amide bonds. The first kappa shape index (κ1) is 15.5. The molecule has 2 fully saturated rings. The molecule has 3 heterocycles. The highest BCUT2D eigenvalue weighted by Gasteiger charge is 2.40. The summed E-state index contributed by atoms with van der Waals surface area (Å²) in [6.45, 7) is 3.99. The molecule has 0 radical (unpaired) electrons. The van der Waals surface area contributed by atoms with E-state index < -0.39 is 0 Å². The van der Waals surface area contributed by atoms with Crippen LogP contribution in [-0.2, 0) is 9.47 Å². The number of ether oxygens (including phenoxy) is 2. The standard InChI is InChI=1S/C15H25N5O2/c1-20(2)14-7-13(18-11-19-14)17-8-12-3-4-15(22-12)9-16-5-6-21-10-15/h7,11-12,16H,3-6,8-10H2,1-2H3,(H,17,18,19)/t12-,15-/m1/s1. The van der Waals surface area contributed by atoms with Gasteiger partial charge >= 0.3 is 0 Å². The molecule has 0 unspecified atom stereocenters. The fourth-order valence-corrected chi connectivity index (χ4v) is 2.95. The van der Waals surface area contributed by atoms with E-state index in [2.05, 4.69) is 20.6 Å². The second-order valence-electron chi connectivity index (χ2n) is 6.23. The zero-order chi connectivity index (χ0) is 15.4. The molecule has 3 rings (SSSR count). The Labute approximate surface area is 131 Å². The molecule has 1 aromatic heterocycles. The van der Waals surface area contributed by atoms with Gasteiger partial charge in [-0.2, -0.15) is 0 Å². The number of nitrogens with zero attached hydrogens (tertiary/aromatic N) is 3. The summed E-state index contributed by atoms with van der Waals surface area (Å²) in [5.41, 5.74) is -0.149. The van der Waals surface area contributed by atoms with Crippen molar-refractivity contribution >= 4 is 11.6 Å². The van der Waals surface area contributed by atoms with Gasteiger partial charge in [0, 0.05) is 39.8 Å². The van der Waals surface area contributed by atoms with Gasteiger partial charge in [0.2, 0.25) is 0 Å². The molecule has 2 aliphatic rings. The van der Waals surface area contributed by atoms with Crippen LogP contribution in [0.15, 0.2) is 12.4 Å². The minimum atomic E-state index is -0.149. The third-order valence-corrected chi connectivity index (χ3v) is 4.20. The predicted molar refractivity (Wildman–Crippen MR) is 85.4 cm³/mol. The molecule has 0 aromatic carbocycles. The van der Waals surface area contributed by atoms with Crippen LogP contribution in [0.5, 0.6) is 0 Å². The maximum absolute atomic E-state index is 6.27. The normalized spacial score (nSPS) is 28.5. The second kappa shape index (κ2) is 6.76. The lowest BCUT2D eigenvalue weighted by molar-refractivity contribution is -0.0740. The van der Waals surface area contributed by atoms with Crippen LogP contribution in [0, 0.1) is 0 Å². The lowest BCUT2D eigenvalue weighted by atomic mass is 10.0. The van der Waals surface area contributed by atoms with E-state index in [9.17, 15) is 0 Å². The van der Waals surface area contributed by atoms with E-state index in [0.717, 1.165) is 50.7 Å². The highest BCUT2D eigenvalue weighted by Crippen LogP contribution is 2.31. The Morgan fingerprint density at radius 1 is 1.45 bits per heavy atom. The van der Waals surface area contributed by atoms with Crippen molar-refractivity contribution in [1.29, 1.82) is 0 Å². The number of hydrogen-bond donors (Lipinski definition) is 2. The number of anilines is 2. The quantitative estimate of drug-likeness (QED) is 0.839. The van der Waals surface area contributed by atoms with Gasteiger partial charge < -0.3 is 25.0 Å². The van der Waals surface area contributed by atoms with Gasteiger partial charge in [-0.25, -0.2) is 9.97 Å². The molecule has 2 saturated heterocycles. The molecule has 1 aromatic rings. The van der Waals surface area contributed by atoms with Crippen molar-refractivity contribution < 1.29 is 9.47 Å². The molecular weight excluding hydrogens is 282 g/mol. The predicted octanol–water partition coefficient (Wildman–Crippen LogP) is 0.492. The summed E-state index contributed by atoms with van der Waals surface area (Å²) in [4.78, 5) is 10.4. The van der Waals surface area contributed by atoms with E-state index in [1.807, 2.05) is 25.1 Å². The largest absolute Gasteiger partial charge is 0.377 e.